The molecule has 0 amide bonds. The van der Waals surface area contributed by atoms with E-state index in [0.717, 1.165) is 12.1 Å². The monoisotopic (exact) mass is 197 g/mol. The summed E-state index contributed by atoms with van der Waals surface area (Å²) in [6, 6.07) is 0. The minimum atomic E-state index is -0.411. The number of imidazole rings is 1. The maximum atomic E-state index is 11.5. The second-order valence-electron chi connectivity index (χ2n) is 4.39. The van der Waals surface area contributed by atoms with E-state index in [9.17, 15) is 4.79 Å². The van der Waals surface area contributed by atoms with E-state index in [-0.39, 0.29) is 5.69 Å². The first kappa shape index (κ1) is 9.33. The number of hydrogen-bond donors (Lipinski definition) is 2. The highest BCUT2D eigenvalue weighted by Crippen LogP contribution is 2.22. The van der Waals surface area contributed by atoms with Crippen LogP contribution in [0.3, 0.4) is 0 Å². The topological polar surface area (TPSA) is 73.0 Å². The van der Waals surface area contributed by atoms with Gasteiger partial charge in [-0.2, -0.15) is 0 Å². The number of H-pyrrole nitrogens is 1. The molecule has 0 aromatic carbocycles. The van der Waals surface area contributed by atoms with Crippen LogP contribution >= 0.6 is 0 Å². The molecule has 78 valence electrons. The van der Waals surface area contributed by atoms with Crippen molar-refractivity contribution in [2.75, 3.05) is 6.61 Å². The second kappa shape index (κ2) is 2.88. The Morgan fingerprint density at radius 3 is 3.00 bits per heavy atom. The number of aromatic nitrogens is 2. The molecule has 1 aliphatic rings. The number of nitrogens with zero attached hydrogens (tertiary/aromatic N) is 1. The molecule has 2 heterocycles. The van der Waals surface area contributed by atoms with Crippen molar-refractivity contribution in [3.05, 3.63) is 16.2 Å². The molecule has 0 radical (unpaired) electrons. The molecule has 0 spiro atoms. The van der Waals surface area contributed by atoms with Crippen LogP contribution in [0.25, 0.3) is 0 Å². The zero-order chi connectivity index (χ0) is 10.3. The van der Waals surface area contributed by atoms with Gasteiger partial charge in [-0.3, -0.25) is 4.57 Å². The fourth-order valence-corrected chi connectivity index (χ4v) is 1.64. The van der Waals surface area contributed by atoms with E-state index in [1.165, 1.54) is 0 Å². The molecular formula is C9H15N3O2. The molecule has 14 heavy (non-hydrogen) atoms. The van der Waals surface area contributed by atoms with Crippen LogP contribution in [0.2, 0.25) is 0 Å². The largest absolute Gasteiger partial charge is 0.477 e. The van der Waals surface area contributed by atoms with Gasteiger partial charge in [0, 0.05) is 18.5 Å². The maximum Gasteiger partial charge on any atom is 0.328 e. The number of nitrogens with two attached hydrogens (primary N) is 1. The standard InChI is InChI=1S/C9H15N3O2/c1-9(2,10)5-12-7-6(3-4-14-7)11-8(12)13/h3-5,10H2,1-2H3,(H,11,13). The van der Waals surface area contributed by atoms with Gasteiger partial charge in [-0.25, -0.2) is 4.79 Å². The molecule has 0 bridgehead atoms. The van der Waals surface area contributed by atoms with Crippen molar-refractivity contribution in [1.82, 2.24) is 9.55 Å². The van der Waals surface area contributed by atoms with Crippen molar-refractivity contribution in [3.63, 3.8) is 0 Å². The Morgan fingerprint density at radius 2 is 2.36 bits per heavy atom. The minimum Gasteiger partial charge on any atom is -0.477 e. The molecule has 0 aliphatic carbocycles. The van der Waals surface area contributed by atoms with Gasteiger partial charge in [0.2, 0.25) is 5.88 Å². The van der Waals surface area contributed by atoms with Gasteiger partial charge in [-0.15, -0.1) is 0 Å². The first-order chi connectivity index (χ1) is 6.47. The third-order valence-corrected chi connectivity index (χ3v) is 2.16. The van der Waals surface area contributed by atoms with Crippen LogP contribution in [0.4, 0.5) is 0 Å². The SMILES string of the molecule is CC(C)(N)Cn1c2c([nH]c1=O)CCO2. The Morgan fingerprint density at radius 1 is 1.64 bits per heavy atom. The van der Waals surface area contributed by atoms with Crippen LogP contribution < -0.4 is 16.2 Å². The quantitative estimate of drug-likeness (QED) is 0.692. The van der Waals surface area contributed by atoms with Crippen molar-refractivity contribution >= 4 is 0 Å². The van der Waals surface area contributed by atoms with Gasteiger partial charge in [-0.05, 0) is 13.8 Å². The maximum absolute atomic E-state index is 11.5. The van der Waals surface area contributed by atoms with E-state index in [1.807, 2.05) is 13.8 Å². The van der Waals surface area contributed by atoms with Crippen molar-refractivity contribution in [3.8, 4) is 5.88 Å². The summed E-state index contributed by atoms with van der Waals surface area (Å²) < 4.78 is 6.94. The number of ether oxygens (including phenoxy) is 1. The molecule has 5 nitrogen and oxygen atoms in total. The molecule has 0 unspecified atom stereocenters. The number of hydrogen-bond acceptors (Lipinski definition) is 3. The van der Waals surface area contributed by atoms with Gasteiger partial charge in [0.1, 0.15) is 0 Å². The van der Waals surface area contributed by atoms with E-state index in [0.29, 0.717) is 19.0 Å². The first-order valence-electron chi connectivity index (χ1n) is 4.71. The Labute approximate surface area is 81.9 Å². The molecule has 1 aromatic heterocycles. The molecule has 1 aromatic rings. The number of nitrogens with one attached hydrogen (secondary N) is 1. The summed E-state index contributed by atoms with van der Waals surface area (Å²) in [5, 5.41) is 0. The predicted molar refractivity (Wildman–Crippen MR) is 52.5 cm³/mol. The van der Waals surface area contributed by atoms with Crippen LogP contribution in [0.1, 0.15) is 19.5 Å². The van der Waals surface area contributed by atoms with Crippen molar-refractivity contribution in [2.24, 2.45) is 5.73 Å². The summed E-state index contributed by atoms with van der Waals surface area (Å²) in [4.78, 5) is 14.3. The summed E-state index contributed by atoms with van der Waals surface area (Å²) >= 11 is 0. The normalized spacial score (nSPS) is 15.4. The van der Waals surface area contributed by atoms with E-state index < -0.39 is 5.54 Å². The lowest BCUT2D eigenvalue weighted by molar-refractivity contribution is 0.306. The number of fused-ring (bicyclic) bond motifs is 1. The zero-order valence-corrected chi connectivity index (χ0v) is 8.46. The van der Waals surface area contributed by atoms with Gasteiger partial charge in [0.25, 0.3) is 0 Å². The lowest BCUT2D eigenvalue weighted by Gasteiger charge is -2.19. The van der Waals surface area contributed by atoms with Gasteiger partial charge in [0.05, 0.1) is 12.3 Å². The third kappa shape index (κ3) is 1.55. The molecule has 0 saturated carbocycles. The summed E-state index contributed by atoms with van der Waals surface area (Å²) in [6.45, 7) is 4.88. The van der Waals surface area contributed by atoms with Crippen molar-refractivity contribution in [1.29, 1.82) is 0 Å². The molecule has 0 atom stereocenters. The molecule has 0 saturated heterocycles. The second-order valence-corrected chi connectivity index (χ2v) is 4.39. The third-order valence-electron chi connectivity index (χ3n) is 2.16. The first-order valence-corrected chi connectivity index (χ1v) is 4.71. The summed E-state index contributed by atoms with van der Waals surface area (Å²) in [5.74, 6) is 0.661. The predicted octanol–water partition coefficient (Wildman–Crippen LogP) is -0.151. The van der Waals surface area contributed by atoms with Crippen LogP contribution in [0.15, 0.2) is 4.79 Å². The smallest absolute Gasteiger partial charge is 0.328 e. The Bertz CT molecular complexity index is 397. The lowest BCUT2D eigenvalue weighted by Crippen LogP contribution is -2.40. The molecule has 2 rings (SSSR count). The van der Waals surface area contributed by atoms with Crippen LogP contribution in [0, 0.1) is 0 Å². The summed E-state index contributed by atoms with van der Waals surface area (Å²) in [7, 11) is 0. The fourth-order valence-electron chi connectivity index (χ4n) is 1.64. The molecule has 3 N–H and O–H groups in total. The zero-order valence-electron chi connectivity index (χ0n) is 8.46. The van der Waals surface area contributed by atoms with Gasteiger partial charge >= 0.3 is 5.69 Å². The molecular weight excluding hydrogens is 182 g/mol. The number of aromatic amines is 1. The van der Waals surface area contributed by atoms with Gasteiger partial charge < -0.3 is 15.5 Å². The average Bonchev–Trinajstić information content (AvgIpc) is 2.54. The highest BCUT2D eigenvalue weighted by molar-refractivity contribution is 5.24. The van der Waals surface area contributed by atoms with Gasteiger partial charge in [0.15, 0.2) is 0 Å². The van der Waals surface area contributed by atoms with E-state index >= 15 is 0 Å². The van der Waals surface area contributed by atoms with Crippen LogP contribution in [0.5, 0.6) is 5.88 Å². The Kier molecular flexibility index (Phi) is 1.92. The summed E-state index contributed by atoms with van der Waals surface area (Å²) in [5.41, 5.74) is 6.21. The number of rotatable bonds is 2. The average molecular weight is 197 g/mol. The van der Waals surface area contributed by atoms with Gasteiger partial charge in [-0.1, -0.05) is 0 Å². The Hall–Kier alpha value is -1.23. The van der Waals surface area contributed by atoms with Crippen LogP contribution in [-0.4, -0.2) is 21.7 Å². The molecule has 5 heteroatoms. The minimum absolute atomic E-state index is 0.131. The Balaban J connectivity index is 2.38. The van der Waals surface area contributed by atoms with Crippen LogP contribution in [-0.2, 0) is 13.0 Å². The fraction of sp³-hybridized carbons (Fsp3) is 0.667. The molecule has 1 aliphatic heterocycles. The lowest BCUT2D eigenvalue weighted by atomic mass is 10.1. The van der Waals surface area contributed by atoms with Crippen molar-refractivity contribution < 1.29 is 4.74 Å². The van der Waals surface area contributed by atoms with E-state index in [1.54, 1.807) is 4.57 Å². The highest BCUT2D eigenvalue weighted by Gasteiger charge is 2.23. The van der Waals surface area contributed by atoms with E-state index in [4.69, 9.17) is 10.5 Å². The van der Waals surface area contributed by atoms with E-state index in [2.05, 4.69) is 4.98 Å². The summed E-state index contributed by atoms with van der Waals surface area (Å²) in [6.07, 6.45) is 0.780. The van der Waals surface area contributed by atoms with Crippen molar-refractivity contribution in [2.45, 2.75) is 32.4 Å². The molecule has 0 fully saturated rings. The highest BCUT2D eigenvalue weighted by atomic mass is 16.5.